The molecule has 0 fully saturated rings. The monoisotopic (exact) mass is 610 g/mol. The molecule has 0 saturated carbocycles. The summed E-state index contributed by atoms with van der Waals surface area (Å²) < 4.78 is 0. The number of carbonyl (C=O) groups excluding carboxylic acids is 3. The molecule has 0 bridgehead atoms. The number of nitrogens with one attached hydrogen (secondary N) is 3. The van der Waals surface area contributed by atoms with Crippen LogP contribution < -0.4 is 16.0 Å². The van der Waals surface area contributed by atoms with Crippen molar-refractivity contribution in [2.75, 3.05) is 13.1 Å². The van der Waals surface area contributed by atoms with E-state index in [-0.39, 0.29) is 37.0 Å². The molecule has 0 rings (SSSR count). The average Bonchev–Trinajstić information content (AvgIpc) is 2.97. The minimum atomic E-state index is -0.942. The standard InChI is InChI=1S/C35H67N3O5/c1-3-5-7-9-11-13-15-17-19-21-29-36-32(39)26-23-25-31(38-33(40)27-24-28-34(41)42)35(43)37-30-22-20-18-16-14-12-10-8-6-4-2/h31H,3-30H2,1-2H3,(H,36,39)(H,37,43)(H,38,40)(H,41,42). The van der Waals surface area contributed by atoms with E-state index in [0.717, 1.165) is 25.7 Å². The molecule has 0 spiro atoms. The number of carbonyl (C=O) groups is 4. The van der Waals surface area contributed by atoms with Gasteiger partial charge in [-0.05, 0) is 32.1 Å². The van der Waals surface area contributed by atoms with Crippen LogP contribution in [0.5, 0.6) is 0 Å². The Labute approximate surface area is 263 Å². The number of hydrogen-bond acceptors (Lipinski definition) is 4. The summed E-state index contributed by atoms with van der Waals surface area (Å²) in [4.78, 5) is 48.3. The highest BCUT2D eigenvalue weighted by Gasteiger charge is 2.20. The zero-order chi connectivity index (χ0) is 31.8. The molecule has 43 heavy (non-hydrogen) atoms. The van der Waals surface area contributed by atoms with Gasteiger partial charge < -0.3 is 21.1 Å². The van der Waals surface area contributed by atoms with Gasteiger partial charge in [0.2, 0.25) is 17.7 Å². The van der Waals surface area contributed by atoms with Crippen LogP contribution in [0.15, 0.2) is 0 Å². The summed E-state index contributed by atoms with van der Waals surface area (Å²) in [5, 5.41) is 17.5. The molecule has 0 aromatic heterocycles. The Kier molecular flexibility index (Phi) is 29.8. The Balaban J connectivity index is 4.21. The molecule has 1 unspecified atom stereocenters. The lowest BCUT2D eigenvalue weighted by Gasteiger charge is -2.18. The number of hydrogen-bond donors (Lipinski definition) is 4. The van der Waals surface area contributed by atoms with Gasteiger partial charge in [-0.15, -0.1) is 0 Å². The third kappa shape index (κ3) is 29.7. The number of carboxylic acids is 1. The van der Waals surface area contributed by atoms with Crippen LogP contribution in [-0.4, -0.2) is 47.9 Å². The van der Waals surface area contributed by atoms with E-state index >= 15 is 0 Å². The van der Waals surface area contributed by atoms with Crippen LogP contribution in [0, 0.1) is 0 Å². The fourth-order valence-corrected chi connectivity index (χ4v) is 5.28. The van der Waals surface area contributed by atoms with E-state index < -0.39 is 12.0 Å². The van der Waals surface area contributed by atoms with E-state index in [9.17, 15) is 19.2 Å². The number of aliphatic carboxylic acids is 1. The molecule has 3 amide bonds. The molecule has 1 atom stereocenters. The first-order valence-corrected chi connectivity index (χ1v) is 18.0. The summed E-state index contributed by atoms with van der Waals surface area (Å²) in [6.45, 7) is 5.72. The molecule has 0 radical (unpaired) electrons. The minimum Gasteiger partial charge on any atom is -0.481 e. The number of unbranched alkanes of at least 4 members (excludes halogenated alkanes) is 18. The molecular weight excluding hydrogens is 542 g/mol. The fraction of sp³-hybridized carbons (Fsp3) is 0.886. The van der Waals surface area contributed by atoms with E-state index in [4.69, 9.17) is 5.11 Å². The molecule has 8 nitrogen and oxygen atoms in total. The topological polar surface area (TPSA) is 125 Å². The van der Waals surface area contributed by atoms with Crippen molar-refractivity contribution in [2.24, 2.45) is 0 Å². The zero-order valence-electron chi connectivity index (χ0n) is 28.0. The smallest absolute Gasteiger partial charge is 0.303 e. The van der Waals surface area contributed by atoms with Gasteiger partial charge in [0, 0.05) is 32.4 Å². The molecular formula is C35H67N3O5. The second-order valence-corrected chi connectivity index (χ2v) is 12.3. The lowest BCUT2D eigenvalue weighted by atomic mass is 10.1. The normalized spacial score (nSPS) is 11.7. The second-order valence-electron chi connectivity index (χ2n) is 12.3. The van der Waals surface area contributed by atoms with Crippen molar-refractivity contribution in [3.63, 3.8) is 0 Å². The van der Waals surface area contributed by atoms with Crippen LogP contribution in [-0.2, 0) is 19.2 Å². The van der Waals surface area contributed by atoms with E-state index in [1.54, 1.807) is 0 Å². The Morgan fingerprint density at radius 3 is 1.37 bits per heavy atom. The van der Waals surface area contributed by atoms with E-state index in [1.807, 2.05) is 0 Å². The van der Waals surface area contributed by atoms with Gasteiger partial charge in [-0.3, -0.25) is 19.2 Å². The summed E-state index contributed by atoms with van der Waals surface area (Å²) in [5.74, 6) is -1.52. The molecule has 0 aromatic carbocycles. The highest BCUT2D eigenvalue weighted by atomic mass is 16.4. The van der Waals surface area contributed by atoms with Crippen LogP contribution >= 0.6 is 0 Å². The zero-order valence-corrected chi connectivity index (χ0v) is 28.0. The van der Waals surface area contributed by atoms with Crippen molar-refractivity contribution in [1.29, 1.82) is 0 Å². The molecule has 0 aliphatic carbocycles. The summed E-state index contributed by atoms with van der Waals surface area (Å²) in [6.07, 6.45) is 26.2. The fourth-order valence-electron chi connectivity index (χ4n) is 5.28. The number of carboxylic acid groups (broad SMARTS) is 1. The largest absolute Gasteiger partial charge is 0.481 e. The highest BCUT2D eigenvalue weighted by molar-refractivity contribution is 5.87. The number of amides is 3. The molecule has 4 N–H and O–H groups in total. The molecule has 0 aliphatic heterocycles. The maximum absolute atomic E-state index is 12.9. The SMILES string of the molecule is CCCCCCCCCCCCNC(=O)CCCC(NC(=O)CCCC(=O)O)C(=O)NCCCCCCCCCCCC. The van der Waals surface area contributed by atoms with Crippen molar-refractivity contribution < 1.29 is 24.3 Å². The van der Waals surface area contributed by atoms with E-state index in [0.29, 0.717) is 32.4 Å². The van der Waals surface area contributed by atoms with Gasteiger partial charge in [0.1, 0.15) is 6.04 Å². The first-order valence-electron chi connectivity index (χ1n) is 18.0. The van der Waals surface area contributed by atoms with Gasteiger partial charge in [-0.2, -0.15) is 0 Å². The molecule has 8 heteroatoms. The first kappa shape index (κ1) is 40.9. The van der Waals surface area contributed by atoms with Crippen LogP contribution in [0.4, 0.5) is 0 Å². The Morgan fingerprint density at radius 1 is 0.488 bits per heavy atom. The quantitative estimate of drug-likeness (QED) is 0.0576. The third-order valence-corrected chi connectivity index (χ3v) is 8.02. The average molecular weight is 610 g/mol. The van der Waals surface area contributed by atoms with Crippen molar-refractivity contribution in [2.45, 2.75) is 187 Å². The van der Waals surface area contributed by atoms with Gasteiger partial charge in [0.05, 0.1) is 0 Å². The second kappa shape index (κ2) is 31.3. The Morgan fingerprint density at radius 2 is 0.907 bits per heavy atom. The van der Waals surface area contributed by atoms with Crippen LogP contribution in [0.1, 0.15) is 181 Å². The van der Waals surface area contributed by atoms with Gasteiger partial charge in [-0.1, -0.05) is 129 Å². The summed E-state index contributed by atoms with van der Waals surface area (Å²) in [6, 6.07) is -0.713. The molecule has 0 saturated heterocycles. The predicted octanol–water partition coefficient (Wildman–Crippen LogP) is 7.97. The van der Waals surface area contributed by atoms with Gasteiger partial charge in [0.15, 0.2) is 0 Å². The molecule has 0 aromatic rings. The summed E-state index contributed by atoms with van der Waals surface area (Å²) in [7, 11) is 0. The molecule has 0 heterocycles. The van der Waals surface area contributed by atoms with Crippen LogP contribution in [0.25, 0.3) is 0 Å². The van der Waals surface area contributed by atoms with Gasteiger partial charge in [0.25, 0.3) is 0 Å². The molecule has 252 valence electrons. The summed E-state index contributed by atoms with van der Waals surface area (Å²) >= 11 is 0. The van der Waals surface area contributed by atoms with E-state index in [2.05, 4.69) is 29.8 Å². The van der Waals surface area contributed by atoms with Crippen LogP contribution in [0.2, 0.25) is 0 Å². The maximum atomic E-state index is 12.9. The lowest BCUT2D eigenvalue weighted by Crippen LogP contribution is -2.47. The third-order valence-electron chi connectivity index (χ3n) is 8.02. The minimum absolute atomic E-state index is 0.0202. The highest BCUT2D eigenvalue weighted by Crippen LogP contribution is 2.12. The maximum Gasteiger partial charge on any atom is 0.303 e. The number of rotatable bonds is 32. The van der Waals surface area contributed by atoms with Crippen molar-refractivity contribution in [3.05, 3.63) is 0 Å². The van der Waals surface area contributed by atoms with E-state index in [1.165, 1.54) is 103 Å². The lowest BCUT2D eigenvalue weighted by molar-refractivity contribution is -0.137. The van der Waals surface area contributed by atoms with Crippen molar-refractivity contribution >= 4 is 23.7 Å². The van der Waals surface area contributed by atoms with Crippen molar-refractivity contribution in [3.8, 4) is 0 Å². The molecule has 0 aliphatic rings. The van der Waals surface area contributed by atoms with Gasteiger partial charge in [-0.25, -0.2) is 0 Å². The van der Waals surface area contributed by atoms with Gasteiger partial charge >= 0.3 is 5.97 Å². The first-order chi connectivity index (χ1) is 20.9. The van der Waals surface area contributed by atoms with Crippen LogP contribution in [0.3, 0.4) is 0 Å². The summed E-state index contributed by atoms with van der Waals surface area (Å²) in [5.41, 5.74) is 0. The predicted molar refractivity (Wildman–Crippen MR) is 177 cm³/mol. The van der Waals surface area contributed by atoms with Crippen molar-refractivity contribution in [1.82, 2.24) is 16.0 Å². The Bertz CT molecular complexity index is 701. The Hall–Kier alpha value is -2.12.